The third-order valence-electron chi connectivity index (χ3n) is 3.59. The Labute approximate surface area is 120 Å². The number of hydrogen-bond acceptors (Lipinski definition) is 2. The largest absolute Gasteiger partial charge is 0.385 e. The predicted molar refractivity (Wildman–Crippen MR) is 74.6 cm³/mol. The van der Waals surface area contributed by atoms with E-state index in [2.05, 4.69) is 21.2 Å². The Balaban J connectivity index is 1.91. The summed E-state index contributed by atoms with van der Waals surface area (Å²) in [7, 11) is 1.68. The lowest BCUT2D eigenvalue weighted by Crippen LogP contribution is -2.31. The van der Waals surface area contributed by atoms with Crippen LogP contribution in [0.3, 0.4) is 0 Å². The van der Waals surface area contributed by atoms with Crippen molar-refractivity contribution in [2.45, 2.75) is 19.3 Å². The molecule has 1 fully saturated rings. The minimum absolute atomic E-state index is 0.171. The van der Waals surface area contributed by atoms with Crippen molar-refractivity contribution in [1.82, 2.24) is 5.32 Å². The van der Waals surface area contributed by atoms with Crippen LogP contribution in [-0.4, -0.2) is 26.2 Å². The lowest BCUT2D eigenvalue weighted by molar-refractivity contribution is 0.0937. The van der Waals surface area contributed by atoms with E-state index in [1.165, 1.54) is 18.2 Å². The fraction of sp³-hybridized carbons (Fsp3) is 0.500. The second-order valence-corrected chi connectivity index (χ2v) is 5.90. The van der Waals surface area contributed by atoms with Gasteiger partial charge >= 0.3 is 0 Å². The number of carbonyl (C=O) groups is 1. The molecule has 0 heterocycles. The van der Waals surface area contributed by atoms with Crippen molar-refractivity contribution < 1.29 is 13.9 Å². The summed E-state index contributed by atoms with van der Waals surface area (Å²) in [5.41, 5.74) is 0.669. The Morgan fingerprint density at radius 1 is 1.53 bits per heavy atom. The van der Waals surface area contributed by atoms with E-state index in [9.17, 15) is 9.18 Å². The molecule has 104 valence electrons. The van der Waals surface area contributed by atoms with Gasteiger partial charge in [0.15, 0.2) is 0 Å². The predicted octanol–water partition coefficient (Wildman–Crippen LogP) is 3.13. The summed E-state index contributed by atoms with van der Waals surface area (Å²) in [5, 5.41) is 2.92. The summed E-state index contributed by atoms with van der Waals surface area (Å²) in [6.07, 6.45) is 3.22. The molecule has 0 aliphatic heterocycles. The van der Waals surface area contributed by atoms with Crippen LogP contribution in [0.5, 0.6) is 0 Å². The van der Waals surface area contributed by atoms with E-state index in [0.717, 1.165) is 25.9 Å². The van der Waals surface area contributed by atoms with Gasteiger partial charge in [-0.15, -0.1) is 0 Å². The molecule has 0 atom stereocenters. The lowest BCUT2D eigenvalue weighted by atomic mass is 10.0. The smallest absolute Gasteiger partial charge is 0.252 e. The zero-order valence-corrected chi connectivity index (χ0v) is 12.4. The Morgan fingerprint density at radius 3 is 2.84 bits per heavy atom. The van der Waals surface area contributed by atoms with E-state index < -0.39 is 0 Å². The van der Waals surface area contributed by atoms with Crippen LogP contribution >= 0.6 is 15.9 Å². The van der Waals surface area contributed by atoms with Crippen molar-refractivity contribution in [1.29, 1.82) is 0 Å². The molecular weight excluding hydrogens is 313 g/mol. The van der Waals surface area contributed by atoms with E-state index in [-0.39, 0.29) is 17.1 Å². The van der Waals surface area contributed by atoms with Crippen LogP contribution < -0.4 is 5.32 Å². The van der Waals surface area contributed by atoms with Crippen molar-refractivity contribution in [2.75, 3.05) is 20.3 Å². The summed E-state index contributed by atoms with van der Waals surface area (Å²) in [5.74, 6) is -0.530. The molecule has 0 radical (unpaired) electrons. The minimum atomic E-state index is -0.359. The number of benzene rings is 1. The molecule has 1 aliphatic carbocycles. The molecule has 1 aliphatic rings. The Hall–Kier alpha value is -0.940. The van der Waals surface area contributed by atoms with Crippen LogP contribution in [0.4, 0.5) is 4.39 Å². The van der Waals surface area contributed by atoms with Gasteiger partial charge in [0.25, 0.3) is 5.91 Å². The summed E-state index contributed by atoms with van der Waals surface area (Å²) < 4.78 is 18.5. The van der Waals surface area contributed by atoms with Crippen molar-refractivity contribution in [3.63, 3.8) is 0 Å². The van der Waals surface area contributed by atoms with E-state index in [4.69, 9.17) is 4.74 Å². The number of hydrogen-bond donors (Lipinski definition) is 1. The molecule has 19 heavy (non-hydrogen) atoms. The number of nitrogens with one attached hydrogen (secondary N) is 1. The van der Waals surface area contributed by atoms with Crippen molar-refractivity contribution in [2.24, 2.45) is 5.41 Å². The molecule has 0 bridgehead atoms. The highest BCUT2D eigenvalue weighted by molar-refractivity contribution is 9.10. The molecule has 1 amide bonds. The van der Waals surface area contributed by atoms with E-state index in [0.29, 0.717) is 16.6 Å². The highest BCUT2D eigenvalue weighted by atomic mass is 79.9. The first-order chi connectivity index (χ1) is 9.06. The normalized spacial score (nSPS) is 16.2. The molecule has 5 heteroatoms. The summed E-state index contributed by atoms with van der Waals surface area (Å²) in [4.78, 5) is 12.0. The Kier molecular flexibility index (Phi) is 4.58. The number of halogens is 2. The number of ether oxygens (including phenoxy) is 1. The molecule has 1 N–H and O–H groups in total. The van der Waals surface area contributed by atoms with Gasteiger partial charge in [0.05, 0.1) is 5.56 Å². The third-order valence-corrected chi connectivity index (χ3v) is 4.25. The van der Waals surface area contributed by atoms with Gasteiger partial charge in [-0.1, -0.05) is 0 Å². The summed E-state index contributed by atoms with van der Waals surface area (Å²) >= 11 is 3.20. The highest BCUT2D eigenvalue weighted by Crippen LogP contribution is 2.48. The fourth-order valence-corrected chi connectivity index (χ4v) is 2.58. The van der Waals surface area contributed by atoms with Gasteiger partial charge < -0.3 is 10.1 Å². The molecule has 1 aromatic carbocycles. The number of rotatable bonds is 6. The van der Waals surface area contributed by atoms with Gasteiger partial charge in [0.1, 0.15) is 5.82 Å². The molecule has 0 aromatic heterocycles. The minimum Gasteiger partial charge on any atom is -0.385 e. The van der Waals surface area contributed by atoms with Crippen LogP contribution in [-0.2, 0) is 4.74 Å². The first kappa shape index (κ1) is 14.5. The topological polar surface area (TPSA) is 38.3 Å². The van der Waals surface area contributed by atoms with Gasteiger partial charge in [-0.3, -0.25) is 4.79 Å². The molecule has 1 saturated carbocycles. The van der Waals surface area contributed by atoms with Gasteiger partial charge in [0.2, 0.25) is 0 Å². The number of methoxy groups -OCH3 is 1. The Morgan fingerprint density at radius 2 is 2.26 bits per heavy atom. The summed E-state index contributed by atoms with van der Waals surface area (Å²) in [6.45, 7) is 1.37. The van der Waals surface area contributed by atoms with E-state index in [1.807, 2.05) is 0 Å². The fourth-order valence-electron chi connectivity index (χ4n) is 2.05. The maximum absolute atomic E-state index is 13.0. The van der Waals surface area contributed by atoms with Gasteiger partial charge in [-0.25, -0.2) is 4.39 Å². The molecule has 3 nitrogen and oxygen atoms in total. The monoisotopic (exact) mass is 329 g/mol. The Bertz CT molecular complexity index is 475. The van der Waals surface area contributed by atoms with Crippen molar-refractivity contribution in [3.05, 3.63) is 34.1 Å². The van der Waals surface area contributed by atoms with Crippen LogP contribution in [0, 0.1) is 11.2 Å². The van der Waals surface area contributed by atoms with Crippen LogP contribution in [0.2, 0.25) is 0 Å². The van der Waals surface area contributed by atoms with Crippen LogP contribution in [0.15, 0.2) is 22.7 Å². The van der Waals surface area contributed by atoms with Crippen molar-refractivity contribution in [3.8, 4) is 0 Å². The zero-order valence-electron chi connectivity index (χ0n) is 10.8. The van der Waals surface area contributed by atoms with Gasteiger partial charge in [-0.05, 0) is 58.8 Å². The molecule has 1 aromatic rings. The lowest BCUT2D eigenvalue weighted by Gasteiger charge is -2.15. The molecular formula is C14H17BrFNO2. The molecule has 0 unspecified atom stereocenters. The molecule has 2 rings (SSSR count). The van der Waals surface area contributed by atoms with Crippen molar-refractivity contribution >= 4 is 21.8 Å². The first-order valence-electron chi connectivity index (χ1n) is 6.28. The quantitative estimate of drug-likeness (QED) is 0.870. The second-order valence-electron chi connectivity index (χ2n) is 5.05. The third kappa shape index (κ3) is 3.76. The maximum atomic E-state index is 13.0. The highest BCUT2D eigenvalue weighted by Gasteiger charge is 2.42. The molecule has 0 saturated heterocycles. The van der Waals surface area contributed by atoms with E-state index in [1.54, 1.807) is 7.11 Å². The second kappa shape index (κ2) is 6.01. The average Bonchev–Trinajstić information content (AvgIpc) is 3.14. The van der Waals surface area contributed by atoms with Crippen LogP contribution in [0.1, 0.15) is 29.6 Å². The zero-order chi connectivity index (χ0) is 13.9. The van der Waals surface area contributed by atoms with Crippen LogP contribution in [0.25, 0.3) is 0 Å². The number of carbonyl (C=O) groups excluding carboxylic acids is 1. The van der Waals surface area contributed by atoms with Gasteiger partial charge in [0, 0.05) is 24.7 Å². The molecule has 0 spiro atoms. The number of amides is 1. The van der Waals surface area contributed by atoms with E-state index >= 15 is 0 Å². The van der Waals surface area contributed by atoms with Gasteiger partial charge in [-0.2, -0.15) is 0 Å². The summed E-state index contributed by atoms with van der Waals surface area (Å²) in [6, 6.07) is 4.08. The standard InChI is InChI=1S/C14H17BrFNO2/c1-19-7-6-14(4-5-14)9-17-13(18)11-3-2-10(16)8-12(11)15/h2-3,8H,4-7,9H2,1H3,(H,17,18). The SMILES string of the molecule is COCCC1(CNC(=O)c2ccc(F)cc2Br)CC1. The maximum Gasteiger partial charge on any atom is 0.252 e. The average molecular weight is 330 g/mol. The first-order valence-corrected chi connectivity index (χ1v) is 7.08.